The number of ether oxygens (including phenoxy) is 1. The Bertz CT molecular complexity index is 777. The minimum Gasteiger partial charge on any atom is -0.383 e. The first kappa shape index (κ1) is 22.1. The summed E-state index contributed by atoms with van der Waals surface area (Å²) in [6, 6.07) is 9.84. The predicted octanol–water partition coefficient (Wildman–Crippen LogP) is 1.49. The van der Waals surface area contributed by atoms with Crippen LogP contribution in [-0.4, -0.2) is 57.1 Å². The average molecular weight is 405 g/mol. The van der Waals surface area contributed by atoms with Crippen LogP contribution in [0, 0.1) is 13.8 Å². The Hall–Kier alpha value is -2.22. The second-order valence-electron chi connectivity index (χ2n) is 6.99. The zero-order valence-electron chi connectivity index (χ0n) is 17.1. The van der Waals surface area contributed by atoms with Gasteiger partial charge in [0.2, 0.25) is 0 Å². The van der Waals surface area contributed by atoms with Gasteiger partial charge in [0, 0.05) is 24.2 Å². The van der Waals surface area contributed by atoms with Crippen molar-refractivity contribution in [2.24, 2.45) is 0 Å². The Morgan fingerprint density at radius 2 is 1.96 bits per heavy atom. The van der Waals surface area contributed by atoms with Crippen LogP contribution in [0.3, 0.4) is 0 Å². The van der Waals surface area contributed by atoms with Crippen LogP contribution in [-0.2, 0) is 20.9 Å². The monoisotopic (exact) mass is 404 g/mol. The summed E-state index contributed by atoms with van der Waals surface area (Å²) in [5.74, 6) is -0.0804. The Labute approximate surface area is 171 Å². The highest BCUT2D eigenvalue weighted by atomic mass is 32.1. The number of nitrogens with one attached hydrogen (secondary N) is 2. The van der Waals surface area contributed by atoms with E-state index in [0.717, 1.165) is 26.6 Å². The van der Waals surface area contributed by atoms with Crippen molar-refractivity contribution in [3.8, 4) is 0 Å². The van der Waals surface area contributed by atoms with Crippen LogP contribution < -0.4 is 10.2 Å². The Kier molecular flexibility index (Phi) is 8.63. The Balaban J connectivity index is 1.89. The van der Waals surface area contributed by atoms with E-state index in [9.17, 15) is 9.59 Å². The molecule has 0 bridgehead atoms. The number of carbonyl (C=O) groups is 2. The number of hydrogen-bond donors (Lipinski definition) is 2. The van der Waals surface area contributed by atoms with Crippen LogP contribution in [0.5, 0.6) is 0 Å². The van der Waals surface area contributed by atoms with E-state index in [1.807, 2.05) is 56.6 Å². The number of thiophene rings is 1. The van der Waals surface area contributed by atoms with Gasteiger partial charge in [-0.05, 0) is 42.5 Å². The molecule has 7 heteroatoms. The number of amides is 2. The molecule has 0 fully saturated rings. The van der Waals surface area contributed by atoms with Crippen LogP contribution in [0.2, 0.25) is 0 Å². The van der Waals surface area contributed by atoms with Crippen molar-refractivity contribution in [2.75, 3.05) is 45.7 Å². The minimum atomic E-state index is -0.0966. The SMILES string of the molecule is COCCN(Cc1cccs1)C(=O)C[NH+](C)CC(=O)Nc1cccc(C)c1C. The molecular formula is C21H30N3O3S+. The molecule has 152 valence electrons. The lowest BCUT2D eigenvalue weighted by Gasteiger charge is -2.23. The molecule has 0 spiro atoms. The fourth-order valence-electron chi connectivity index (χ4n) is 2.87. The van der Waals surface area contributed by atoms with Crippen LogP contribution in [0.1, 0.15) is 16.0 Å². The van der Waals surface area contributed by atoms with Gasteiger partial charge in [-0.3, -0.25) is 9.59 Å². The zero-order valence-corrected chi connectivity index (χ0v) is 17.9. The summed E-state index contributed by atoms with van der Waals surface area (Å²) in [7, 11) is 3.49. The van der Waals surface area contributed by atoms with Crippen molar-refractivity contribution in [1.29, 1.82) is 0 Å². The van der Waals surface area contributed by atoms with Gasteiger partial charge >= 0.3 is 0 Å². The lowest BCUT2D eigenvalue weighted by Crippen LogP contribution is -3.11. The van der Waals surface area contributed by atoms with Crippen LogP contribution in [0.4, 0.5) is 5.69 Å². The number of likely N-dealkylation sites (N-methyl/N-ethyl adjacent to an activating group) is 1. The maximum Gasteiger partial charge on any atom is 0.279 e. The largest absolute Gasteiger partial charge is 0.383 e. The summed E-state index contributed by atoms with van der Waals surface area (Å²) in [6.45, 7) is 6.10. The number of anilines is 1. The maximum atomic E-state index is 12.7. The highest BCUT2D eigenvalue weighted by molar-refractivity contribution is 7.09. The molecule has 2 rings (SSSR count). The van der Waals surface area contributed by atoms with Crippen molar-refractivity contribution >= 4 is 28.8 Å². The number of aryl methyl sites for hydroxylation is 1. The molecule has 6 nitrogen and oxygen atoms in total. The van der Waals surface area contributed by atoms with Crippen molar-refractivity contribution in [2.45, 2.75) is 20.4 Å². The molecule has 0 saturated heterocycles. The Morgan fingerprint density at radius 3 is 2.64 bits per heavy atom. The second-order valence-corrected chi connectivity index (χ2v) is 8.03. The predicted molar refractivity (Wildman–Crippen MR) is 113 cm³/mol. The summed E-state index contributed by atoms with van der Waals surface area (Å²) in [5.41, 5.74) is 3.02. The first-order valence-electron chi connectivity index (χ1n) is 9.37. The first-order valence-corrected chi connectivity index (χ1v) is 10.2. The second kappa shape index (κ2) is 10.9. The normalized spacial score (nSPS) is 11.9. The number of benzene rings is 1. The molecule has 0 saturated carbocycles. The van der Waals surface area contributed by atoms with E-state index < -0.39 is 0 Å². The molecule has 1 aromatic heterocycles. The summed E-state index contributed by atoms with van der Waals surface area (Å²) < 4.78 is 5.14. The van der Waals surface area contributed by atoms with Crippen molar-refractivity contribution < 1.29 is 19.2 Å². The molecule has 2 aromatic rings. The minimum absolute atomic E-state index is 0.0162. The maximum absolute atomic E-state index is 12.7. The molecule has 0 aliphatic heterocycles. The quantitative estimate of drug-likeness (QED) is 0.631. The molecule has 1 heterocycles. The van der Waals surface area contributed by atoms with Gasteiger partial charge in [0.15, 0.2) is 13.1 Å². The van der Waals surface area contributed by atoms with Gasteiger partial charge in [-0.15, -0.1) is 11.3 Å². The van der Waals surface area contributed by atoms with E-state index in [2.05, 4.69) is 5.32 Å². The van der Waals surface area contributed by atoms with Gasteiger partial charge in [-0.1, -0.05) is 18.2 Å². The van der Waals surface area contributed by atoms with Crippen molar-refractivity contribution in [3.05, 3.63) is 51.7 Å². The van der Waals surface area contributed by atoms with Gasteiger partial charge in [0.05, 0.1) is 20.2 Å². The third kappa shape index (κ3) is 6.74. The number of nitrogens with zero attached hydrogens (tertiary/aromatic N) is 1. The molecule has 1 unspecified atom stereocenters. The molecule has 1 aromatic carbocycles. The summed E-state index contributed by atoms with van der Waals surface area (Å²) >= 11 is 1.63. The number of carbonyl (C=O) groups excluding carboxylic acids is 2. The standard InChI is InChI=1S/C21H29N3O3S/c1-16-7-5-9-19(17(16)2)22-20(25)14-23(3)15-21(26)24(10-11-27-4)13-18-8-6-12-28-18/h5-9,12H,10-11,13-15H2,1-4H3,(H,22,25)/p+1. The number of methoxy groups -OCH3 is 1. The van der Waals surface area contributed by atoms with Gasteiger partial charge < -0.3 is 19.9 Å². The van der Waals surface area contributed by atoms with E-state index in [1.54, 1.807) is 23.3 Å². The summed E-state index contributed by atoms with van der Waals surface area (Å²) in [5, 5.41) is 4.96. The van der Waals surface area contributed by atoms with E-state index in [1.165, 1.54) is 0 Å². The van der Waals surface area contributed by atoms with Gasteiger partial charge in [0.25, 0.3) is 11.8 Å². The van der Waals surface area contributed by atoms with Gasteiger partial charge in [-0.2, -0.15) is 0 Å². The number of hydrogen-bond acceptors (Lipinski definition) is 4. The third-order valence-corrected chi connectivity index (χ3v) is 5.50. The fourth-order valence-corrected chi connectivity index (χ4v) is 3.59. The van der Waals surface area contributed by atoms with Gasteiger partial charge in [0.1, 0.15) is 0 Å². The van der Waals surface area contributed by atoms with Crippen molar-refractivity contribution in [1.82, 2.24) is 4.90 Å². The summed E-state index contributed by atoms with van der Waals surface area (Å²) in [6.07, 6.45) is 0. The average Bonchev–Trinajstić information content (AvgIpc) is 3.15. The van der Waals surface area contributed by atoms with E-state index in [0.29, 0.717) is 19.7 Å². The molecule has 1 atom stereocenters. The molecule has 2 amide bonds. The number of rotatable bonds is 10. The van der Waals surface area contributed by atoms with Gasteiger partial charge in [-0.25, -0.2) is 0 Å². The van der Waals surface area contributed by atoms with E-state index in [4.69, 9.17) is 4.74 Å². The molecule has 0 aliphatic rings. The smallest absolute Gasteiger partial charge is 0.279 e. The molecule has 0 aliphatic carbocycles. The molecule has 0 radical (unpaired) electrons. The number of quaternary nitrogens is 1. The van der Waals surface area contributed by atoms with E-state index >= 15 is 0 Å². The van der Waals surface area contributed by atoms with E-state index in [-0.39, 0.29) is 24.9 Å². The topological polar surface area (TPSA) is 63.1 Å². The van der Waals surface area contributed by atoms with Crippen molar-refractivity contribution in [3.63, 3.8) is 0 Å². The zero-order chi connectivity index (χ0) is 20.5. The third-order valence-electron chi connectivity index (χ3n) is 4.64. The van der Waals surface area contributed by atoms with Crippen LogP contribution >= 0.6 is 11.3 Å². The molecule has 28 heavy (non-hydrogen) atoms. The highest BCUT2D eigenvalue weighted by Crippen LogP contribution is 2.17. The van der Waals surface area contributed by atoms with Crippen LogP contribution in [0.25, 0.3) is 0 Å². The molecular weight excluding hydrogens is 374 g/mol. The molecule has 2 N–H and O–H groups in total. The lowest BCUT2D eigenvalue weighted by atomic mass is 10.1. The fraction of sp³-hybridized carbons (Fsp3) is 0.429. The lowest BCUT2D eigenvalue weighted by molar-refractivity contribution is -0.862. The van der Waals surface area contributed by atoms with Crippen LogP contribution in [0.15, 0.2) is 35.7 Å². The summed E-state index contributed by atoms with van der Waals surface area (Å²) in [4.78, 5) is 28.9. The first-order chi connectivity index (χ1) is 13.4. The highest BCUT2D eigenvalue weighted by Gasteiger charge is 2.20. The Morgan fingerprint density at radius 1 is 1.18 bits per heavy atom.